The Morgan fingerprint density at radius 3 is 2.44 bits per heavy atom. The van der Waals surface area contributed by atoms with Gasteiger partial charge in [-0.15, -0.1) is 0 Å². The molecular weight excluding hydrogens is 249 g/mol. The van der Waals surface area contributed by atoms with Gasteiger partial charge in [-0.05, 0) is 29.3 Å². The lowest BCUT2D eigenvalue weighted by atomic mass is 10.1. The number of hydrogen-bond donors (Lipinski definition) is 1. The van der Waals surface area contributed by atoms with Gasteiger partial charge in [0.2, 0.25) is 0 Å². The minimum absolute atomic E-state index is 0.358. The van der Waals surface area contributed by atoms with Gasteiger partial charge in [-0.25, -0.2) is 4.39 Å². The largest absolute Gasteiger partial charge is 0.326 e. The Kier molecular flexibility index (Phi) is 4.23. The fraction of sp³-hybridized carbons (Fsp3) is 0.143. The van der Waals surface area contributed by atoms with Crippen LogP contribution in [0.1, 0.15) is 11.1 Å². The van der Waals surface area contributed by atoms with E-state index in [1.165, 1.54) is 12.1 Å². The summed E-state index contributed by atoms with van der Waals surface area (Å²) >= 11 is 0. The average Bonchev–Trinajstić information content (AvgIpc) is 2.39. The molecule has 2 aromatic carbocycles. The first-order valence-corrected chi connectivity index (χ1v) is 6.93. The minimum atomic E-state index is -1.25. The summed E-state index contributed by atoms with van der Waals surface area (Å²) in [6, 6.07) is 13.5. The molecule has 2 aromatic rings. The third-order valence-electron chi connectivity index (χ3n) is 2.68. The van der Waals surface area contributed by atoms with E-state index in [1.807, 2.05) is 24.3 Å². The SMILES string of the molecule is NCc1ccccc1CS(=O)c1cccc(F)c1. The molecule has 2 rings (SSSR count). The van der Waals surface area contributed by atoms with Crippen molar-refractivity contribution < 1.29 is 8.60 Å². The van der Waals surface area contributed by atoms with E-state index in [1.54, 1.807) is 12.1 Å². The maximum Gasteiger partial charge on any atom is 0.124 e. The molecule has 0 aliphatic rings. The van der Waals surface area contributed by atoms with Gasteiger partial charge in [0.15, 0.2) is 0 Å². The molecule has 2 N–H and O–H groups in total. The molecule has 0 fully saturated rings. The maximum atomic E-state index is 13.1. The molecule has 1 atom stereocenters. The van der Waals surface area contributed by atoms with Crippen molar-refractivity contribution in [3.8, 4) is 0 Å². The highest BCUT2D eigenvalue weighted by molar-refractivity contribution is 7.84. The van der Waals surface area contributed by atoms with Gasteiger partial charge in [0, 0.05) is 11.4 Å². The van der Waals surface area contributed by atoms with Crippen LogP contribution in [0.25, 0.3) is 0 Å². The molecule has 18 heavy (non-hydrogen) atoms. The van der Waals surface area contributed by atoms with Crippen LogP contribution in [0.5, 0.6) is 0 Å². The van der Waals surface area contributed by atoms with Crippen LogP contribution in [-0.2, 0) is 23.1 Å². The predicted molar refractivity (Wildman–Crippen MR) is 70.8 cm³/mol. The zero-order chi connectivity index (χ0) is 13.0. The van der Waals surface area contributed by atoms with E-state index in [4.69, 9.17) is 5.73 Å². The summed E-state index contributed by atoms with van der Waals surface area (Å²) in [6.45, 7) is 0.413. The third kappa shape index (κ3) is 3.03. The molecule has 0 radical (unpaired) electrons. The Balaban J connectivity index is 2.21. The Morgan fingerprint density at radius 2 is 1.78 bits per heavy atom. The highest BCUT2D eigenvalue weighted by Gasteiger charge is 2.08. The van der Waals surface area contributed by atoms with Gasteiger partial charge in [0.1, 0.15) is 5.82 Å². The Hall–Kier alpha value is -1.52. The standard InChI is InChI=1S/C14H14FNOS/c15-13-6-3-7-14(8-13)18(17)10-12-5-2-1-4-11(12)9-16/h1-8H,9-10,16H2. The van der Waals surface area contributed by atoms with Gasteiger partial charge in [-0.1, -0.05) is 30.3 Å². The summed E-state index contributed by atoms with van der Waals surface area (Å²) in [4.78, 5) is 0.502. The summed E-state index contributed by atoms with van der Waals surface area (Å²) in [6.07, 6.45) is 0. The van der Waals surface area contributed by atoms with Crippen molar-refractivity contribution >= 4 is 10.8 Å². The second-order valence-electron chi connectivity index (χ2n) is 3.92. The molecule has 0 saturated heterocycles. The number of halogens is 1. The Bertz CT molecular complexity index is 571. The summed E-state index contributed by atoms with van der Waals surface area (Å²) in [5.41, 5.74) is 7.55. The van der Waals surface area contributed by atoms with Crippen LogP contribution < -0.4 is 5.73 Å². The minimum Gasteiger partial charge on any atom is -0.326 e. The Morgan fingerprint density at radius 1 is 1.06 bits per heavy atom. The number of hydrogen-bond acceptors (Lipinski definition) is 2. The quantitative estimate of drug-likeness (QED) is 0.921. The van der Waals surface area contributed by atoms with Crippen molar-refractivity contribution in [3.63, 3.8) is 0 Å². The molecule has 2 nitrogen and oxygen atoms in total. The van der Waals surface area contributed by atoms with E-state index in [9.17, 15) is 8.60 Å². The smallest absolute Gasteiger partial charge is 0.124 e. The van der Waals surface area contributed by atoms with E-state index in [2.05, 4.69) is 0 Å². The third-order valence-corrected chi connectivity index (χ3v) is 4.04. The molecule has 0 saturated carbocycles. The molecule has 4 heteroatoms. The van der Waals surface area contributed by atoms with Crippen LogP contribution in [0.4, 0.5) is 4.39 Å². The van der Waals surface area contributed by atoms with E-state index in [-0.39, 0.29) is 5.82 Å². The van der Waals surface area contributed by atoms with Crippen LogP contribution in [0.3, 0.4) is 0 Å². The first-order valence-electron chi connectivity index (χ1n) is 5.61. The molecule has 0 bridgehead atoms. The fourth-order valence-corrected chi connectivity index (χ4v) is 2.94. The monoisotopic (exact) mass is 263 g/mol. The van der Waals surface area contributed by atoms with Crippen molar-refractivity contribution in [2.75, 3.05) is 0 Å². The van der Waals surface area contributed by atoms with Gasteiger partial charge in [-0.3, -0.25) is 4.21 Å². The second kappa shape index (κ2) is 5.89. The van der Waals surface area contributed by atoms with E-state index in [0.717, 1.165) is 11.1 Å². The molecule has 0 spiro atoms. The maximum absolute atomic E-state index is 13.1. The second-order valence-corrected chi connectivity index (χ2v) is 5.37. The predicted octanol–water partition coefficient (Wildman–Crippen LogP) is 2.59. The van der Waals surface area contributed by atoms with E-state index >= 15 is 0 Å². The summed E-state index contributed by atoms with van der Waals surface area (Å²) < 4.78 is 25.2. The van der Waals surface area contributed by atoms with Crippen LogP contribution >= 0.6 is 0 Å². The molecule has 94 valence electrons. The molecule has 0 aliphatic carbocycles. The van der Waals surface area contributed by atoms with Crippen molar-refractivity contribution in [3.05, 3.63) is 65.5 Å². The molecule has 0 amide bonds. The molecule has 0 aromatic heterocycles. The van der Waals surface area contributed by atoms with E-state index in [0.29, 0.717) is 17.2 Å². The van der Waals surface area contributed by atoms with Gasteiger partial charge in [0.25, 0.3) is 0 Å². The lowest BCUT2D eigenvalue weighted by Crippen LogP contribution is -2.04. The van der Waals surface area contributed by atoms with Gasteiger partial charge in [-0.2, -0.15) is 0 Å². The van der Waals surface area contributed by atoms with Crippen LogP contribution in [0.15, 0.2) is 53.4 Å². The first-order chi connectivity index (χ1) is 8.70. The zero-order valence-corrected chi connectivity index (χ0v) is 10.6. The van der Waals surface area contributed by atoms with Crippen LogP contribution in [0.2, 0.25) is 0 Å². The average molecular weight is 263 g/mol. The van der Waals surface area contributed by atoms with Crippen LogP contribution in [0, 0.1) is 5.82 Å². The topological polar surface area (TPSA) is 43.1 Å². The van der Waals surface area contributed by atoms with Crippen LogP contribution in [-0.4, -0.2) is 4.21 Å². The van der Waals surface area contributed by atoms with Gasteiger partial charge >= 0.3 is 0 Å². The molecule has 0 aliphatic heterocycles. The van der Waals surface area contributed by atoms with Crippen molar-refractivity contribution in [1.29, 1.82) is 0 Å². The number of nitrogens with two attached hydrogens (primary N) is 1. The summed E-state index contributed by atoms with van der Waals surface area (Å²) in [5, 5.41) is 0. The highest BCUT2D eigenvalue weighted by atomic mass is 32.2. The number of benzene rings is 2. The lowest BCUT2D eigenvalue weighted by Gasteiger charge is -2.07. The van der Waals surface area contributed by atoms with Gasteiger partial charge in [0.05, 0.1) is 16.6 Å². The highest BCUT2D eigenvalue weighted by Crippen LogP contribution is 2.16. The molecule has 1 unspecified atom stereocenters. The van der Waals surface area contributed by atoms with E-state index < -0.39 is 10.8 Å². The van der Waals surface area contributed by atoms with Crippen molar-refractivity contribution in [1.82, 2.24) is 0 Å². The summed E-state index contributed by atoms with van der Waals surface area (Å²) in [7, 11) is -1.25. The number of rotatable bonds is 4. The van der Waals surface area contributed by atoms with Crippen molar-refractivity contribution in [2.24, 2.45) is 5.73 Å². The first kappa shape index (κ1) is 12.9. The van der Waals surface area contributed by atoms with Crippen molar-refractivity contribution in [2.45, 2.75) is 17.2 Å². The zero-order valence-electron chi connectivity index (χ0n) is 9.80. The fourth-order valence-electron chi connectivity index (χ4n) is 1.73. The Labute approximate surface area is 108 Å². The molecular formula is C14H14FNOS. The lowest BCUT2D eigenvalue weighted by molar-refractivity contribution is 0.622. The van der Waals surface area contributed by atoms with Gasteiger partial charge < -0.3 is 5.73 Å². The summed E-state index contributed by atoms with van der Waals surface area (Å²) in [5.74, 6) is -0.00967. The normalized spacial score (nSPS) is 12.3. The molecule has 0 heterocycles.